The van der Waals surface area contributed by atoms with Crippen LogP contribution in [0.3, 0.4) is 0 Å². The molecule has 18 heavy (non-hydrogen) atoms. The molecule has 4 N–H and O–H groups in total. The molecule has 2 rings (SSSR count). The molecule has 6 heteroatoms. The van der Waals surface area contributed by atoms with E-state index in [4.69, 9.17) is 10.6 Å². The smallest absolute Gasteiger partial charge is 0.176 e. The molecule has 1 unspecified atom stereocenters. The zero-order valence-electron chi connectivity index (χ0n) is 10.1. The fourth-order valence-corrected chi connectivity index (χ4v) is 2.21. The number of hydrogen-bond acceptors (Lipinski definition) is 5. The molecular weight excluding hydrogens is 232 g/mol. The summed E-state index contributed by atoms with van der Waals surface area (Å²) in [6.07, 6.45) is 3.39. The average Bonchev–Trinajstić information content (AvgIpc) is 2.91. The van der Waals surface area contributed by atoms with Crippen molar-refractivity contribution in [3.63, 3.8) is 0 Å². The second-order valence-corrected chi connectivity index (χ2v) is 4.52. The van der Waals surface area contributed by atoms with Gasteiger partial charge >= 0.3 is 0 Å². The summed E-state index contributed by atoms with van der Waals surface area (Å²) in [5, 5.41) is 19.3. The number of aliphatic imine (C=N–C) groups is 1. The Bertz CT molecular complexity index is 422. The summed E-state index contributed by atoms with van der Waals surface area (Å²) in [6, 6.07) is -0.142. The number of nitrogens with one attached hydrogen (secondary N) is 3. The van der Waals surface area contributed by atoms with Crippen molar-refractivity contribution in [1.29, 1.82) is 5.41 Å². The highest BCUT2D eigenvalue weighted by Gasteiger charge is 2.29. The Morgan fingerprint density at radius 1 is 1.67 bits per heavy atom. The number of carbonyl (C=O) groups excluding carboxylic acids is 1. The van der Waals surface area contributed by atoms with Gasteiger partial charge in [0.05, 0.1) is 6.04 Å². The van der Waals surface area contributed by atoms with Crippen LogP contribution in [0.15, 0.2) is 16.6 Å². The van der Waals surface area contributed by atoms with E-state index < -0.39 is 0 Å². The summed E-state index contributed by atoms with van der Waals surface area (Å²) in [6.45, 7) is 5.14. The number of dihydropyridines is 1. The molecule has 1 radical (unpaired) electrons. The summed E-state index contributed by atoms with van der Waals surface area (Å²) >= 11 is 0. The van der Waals surface area contributed by atoms with Gasteiger partial charge in [0.15, 0.2) is 11.6 Å². The molecule has 0 amide bonds. The zero-order valence-corrected chi connectivity index (χ0v) is 10.1. The Kier molecular flexibility index (Phi) is 3.88. The third kappa shape index (κ3) is 2.49. The van der Waals surface area contributed by atoms with E-state index in [1.54, 1.807) is 11.6 Å². The summed E-state index contributed by atoms with van der Waals surface area (Å²) in [5.74, 6) is -0.354. The van der Waals surface area contributed by atoms with Crippen molar-refractivity contribution in [3.8, 4) is 0 Å². The SMILES string of the molecule is [CH2]C1CN=C(C(=N)NO)C=C1C(=O)[C@@H]1CCCN1. The molecule has 2 aliphatic rings. The molecule has 6 nitrogen and oxygen atoms in total. The van der Waals surface area contributed by atoms with Crippen LogP contribution in [0.1, 0.15) is 12.8 Å². The highest BCUT2D eigenvalue weighted by molar-refractivity contribution is 6.45. The van der Waals surface area contributed by atoms with Gasteiger partial charge in [0.1, 0.15) is 5.71 Å². The lowest BCUT2D eigenvalue weighted by Gasteiger charge is -2.21. The summed E-state index contributed by atoms with van der Waals surface area (Å²) in [5.41, 5.74) is 2.61. The van der Waals surface area contributed by atoms with E-state index in [0.717, 1.165) is 19.4 Å². The first-order chi connectivity index (χ1) is 8.63. The quantitative estimate of drug-likeness (QED) is 0.324. The van der Waals surface area contributed by atoms with Crippen LogP contribution in [0, 0.1) is 18.3 Å². The van der Waals surface area contributed by atoms with Crippen LogP contribution in [0.4, 0.5) is 0 Å². The fraction of sp³-hybridized carbons (Fsp3) is 0.500. The average molecular weight is 249 g/mol. The lowest BCUT2D eigenvalue weighted by atomic mass is 9.89. The molecule has 97 valence electrons. The first-order valence-electron chi connectivity index (χ1n) is 5.99. The molecule has 0 bridgehead atoms. The van der Waals surface area contributed by atoms with E-state index in [1.165, 1.54) is 0 Å². The maximum absolute atomic E-state index is 12.3. The Morgan fingerprint density at radius 3 is 3.06 bits per heavy atom. The van der Waals surface area contributed by atoms with Crippen molar-refractivity contribution in [3.05, 3.63) is 18.6 Å². The third-order valence-corrected chi connectivity index (χ3v) is 3.24. The lowest BCUT2D eigenvalue weighted by Crippen LogP contribution is -2.37. The van der Waals surface area contributed by atoms with Gasteiger partial charge in [-0.1, -0.05) is 0 Å². The van der Waals surface area contributed by atoms with Crippen LogP contribution in [0.25, 0.3) is 0 Å². The molecule has 0 aliphatic carbocycles. The van der Waals surface area contributed by atoms with E-state index >= 15 is 0 Å². The van der Waals surface area contributed by atoms with Gasteiger partial charge in [0, 0.05) is 18.0 Å². The second-order valence-electron chi connectivity index (χ2n) is 4.52. The second kappa shape index (κ2) is 5.41. The molecule has 0 aromatic heterocycles. The number of Topliss-reactive ketones (excluding diaryl/α,β-unsaturated/α-hetero) is 1. The van der Waals surface area contributed by atoms with Gasteiger partial charge < -0.3 is 5.32 Å². The number of carbonyl (C=O) groups is 1. The Hall–Kier alpha value is -1.53. The lowest BCUT2D eigenvalue weighted by molar-refractivity contribution is -0.117. The van der Waals surface area contributed by atoms with E-state index in [1.807, 2.05) is 0 Å². The monoisotopic (exact) mass is 249 g/mol. The minimum absolute atomic E-state index is 0.0330. The largest absolute Gasteiger partial charge is 0.307 e. The van der Waals surface area contributed by atoms with Gasteiger partial charge in [-0.3, -0.25) is 25.9 Å². The maximum Gasteiger partial charge on any atom is 0.176 e. The normalized spacial score (nSPS) is 27.4. The molecule has 0 aromatic rings. The Morgan fingerprint density at radius 2 is 2.44 bits per heavy atom. The van der Waals surface area contributed by atoms with Crippen molar-refractivity contribution in [1.82, 2.24) is 10.8 Å². The van der Waals surface area contributed by atoms with Crippen LogP contribution in [-0.2, 0) is 4.79 Å². The van der Waals surface area contributed by atoms with Crippen LogP contribution < -0.4 is 10.8 Å². The Balaban J connectivity index is 2.18. The zero-order chi connectivity index (χ0) is 13.1. The van der Waals surface area contributed by atoms with E-state index in [2.05, 4.69) is 17.2 Å². The van der Waals surface area contributed by atoms with Crippen molar-refractivity contribution in [2.45, 2.75) is 18.9 Å². The van der Waals surface area contributed by atoms with Gasteiger partial charge in [-0.25, -0.2) is 0 Å². The topological polar surface area (TPSA) is 97.6 Å². The molecule has 1 saturated heterocycles. The number of nitrogens with zero attached hydrogens (tertiary/aromatic N) is 1. The number of rotatable bonds is 3. The highest BCUT2D eigenvalue weighted by Crippen LogP contribution is 2.21. The van der Waals surface area contributed by atoms with Gasteiger partial charge in [-0.05, 0) is 32.4 Å². The summed E-state index contributed by atoms with van der Waals surface area (Å²) < 4.78 is 0. The molecule has 2 aliphatic heterocycles. The van der Waals surface area contributed by atoms with E-state index in [-0.39, 0.29) is 23.6 Å². The van der Waals surface area contributed by atoms with Crippen LogP contribution in [-0.4, -0.2) is 41.7 Å². The van der Waals surface area contributed by atoms with E-state index in [0.29, 0.717) is 17.8 Å². The van der Waals surface area contributed by atoms with Crippen molar-refractivity contribution in [2.24, 2.45) is 10.9 Å². The summed E-state index contributed by atoms with van der Waals surface area (Å²) in [4.78, 5) is 16.4. The maximum atomic E-state index is 12.3. The van der Waals surface area contributed by atoms with Gasteiger partial charge in [-0.2, -0.15) is 0 Å². The Labute approximate surface area is 106 Å². The molecular formula is C12H17N4O2. The predicted octanol–water partition coefficient (Wildman–Crippen LogP) is 0.0949. The van der Waals surface area contributed by atoms with Crippen molar-refractivity contribution < 1.29 is 10.0 Å². The van der Waals surface area contributed by atoms with Crippen LogP contribution in [0.2, 0.25) is 0 Å². The predicted molar refractivity (Wildman–Crippen MR) is 67.9 cm³/mol. The molecule has 1 fully saturated rings. The summed E-state index contributed by atoms with van der Waals surface area (Å²) in [7, 11) is 0. The number of hydroxylamine groups is 1. The van der Waals surface area contributed by atoms with Gasteiger partial charge in [-0.15, -0.1) is 0 Å². The van der Waals surface area contributed by atoms with Crippen molar-refractivity contribution >= 4 is 17.3 Å². The molecule has 2 heterocycles. The first kappa shape index (κ1) is 12.9. The molecule has 0 aromatic carbocycles. The van der Waals surface area contributed by atoms with E-state index in [9.17, 15) is 4.79 Å². The van der Waals surface area contributed by atoms with Crippen molar-refractivity contribution in [2.75, 3.05) is 13.1 Å². The highest BCUT2D eigenvalue weighted by atomic mass is 16.5. The minimum atomic E-state index is -0.202. The molecule has 2 atom stereocenters. The number of hydrogen-bond donors (Lipinski definition) is 4. The number of amidine groups is 1. The minimum Gasteiger partial charge on any atom is -0.307 e. The van der Waals surface area contributed by atoms with Gasteiger partial charge in [0.2, 0.25) is 0 Å². The molecule has 0 spiro atoms. The fourth-order valence-electron chi connectivity index (χ4n) is 2.21. The van der Waals surface area contributed by atoms with Crippen LogP contribution >= 0.6 is 0 Å². The third-order valence-electron chi connectivity index (χ3n) is 3.24. The standard InChI is InChI=1S/C12H17N4O2/c1-7-6-15-10(12(13)16-18)5-8(7)11(17)9-3-2-4-14-9/h5,7,9,14,18H,1-4,6H2,(H2,13,16)/t7?,9-/m0/s1. The molecule has 0 saturated carbocycles. The van der Waals surface area contributed by atoms with Gasteiger partial charge in [0.25, 0.3) is 0 Å². The van der Waals surface area contributed by atoms with Crippen LogP contribution in [0.5, 0.6) is 0 Å². The first-order valence-corrected chi connectivity index (χ1v) is 5.99. The number of ketones is 1.